The summed E-state index contributed by atoms with van der Waals surface area (Å²) in [6.07, 6.45) is 0.188. The molecule has 1 aliphatic rings. The lowest BCUT2D eigenvalue weighted by Gasteiger charge is -2.11. The van der Waals surface area contributed by atoms with E-state index in [9.17, 15) is 16.8 Å². The van der Waals surface area contributed by atoms with E-state index in [4.69, 9.17) is 5.73 Å². The summed E-state index contributed by atoms with van der Waals surface area (Å²) < 4.78 is 48.2. The first-order chi connectivity index (χ1) is 7.87. The highest BCUT2D eigenvalue weighted by Gasteiger charge is 2.36. The van der Waals surface area contributed by atoms with E-state index in [1.165, 1.54) is 0 Å². The molecule has 1 atom stereocenters. The van der Waals surface area contributed by atoms with Crippen molar-refractivity contribution in [3.05, 3.63) is 0 Å². The second kappa shape index (κ2) is 6.10. The maximum Gasteiger partial charge on any atom is 0.215 e. The van der Waals surface area contributed by atoms with E-state index in [0.717, 1.165) is 0 Å². The lowest BCUT2D eigenvalue weighted by Crippen LogP contribution is -2.39. The van der Waals surface area contributed by atoms with Crippen molar-refractivity contribution in [1.29, 1.82) is 0 Å². The van der Waals surface area contributed by atoms with Crippen LogP contribution in [0, 0.1) is 0 Å². The van der Waals surface area contributed by atoms with E-state index in [1.54, 1.807) is 0 Å². The maximum absolute atomic E-state index is 11.7. The summed E-state index contributed by atoms with van der Waals surface area (Å²) in [6.45, 7) is 1.85. The first kappa shape index (κ1) is 14.8. The van der Waals surface area contributed by atoms with Gasteiger partial charge in [-0.2, -0.15) is 0 Å². The van der Waals surface area contributed by atoms with Crippen molar-refractivity contribution in [2.24, 2.45) is 5.73 Å². The van der Waals surface area contributed by atoms with Gasteiger partial charge in [-0.1, -0.05) is 0 Å². The fourth-order valence-corrected chi connectivity index (χ4v) is 5.71. The van der Waals surface area contributed by atoms with Crippen LogP contribution in [0.1, 0.15) is 6.42 Å². The van der Waals surface area contributed by atoms with Gasteiger partial charge in [0, 0.05) is 26.2 Å². The Balaban J connectivity index is 2.37. The average Bonchev–Trinajstić information content (AvgIpc) is 2.59. The molecule has 0 aromatic rings. The molecule has 1 aliphatic heterocycles. The van der Waals surface area contributed by atoms with Gasteiger partial charge >= 0.3 is 0 Å². The zero-order chi connectivity index (χ0) is 12.9. The molecule has 7 nitrogen and oxygen atoms in total. The molecule has 1 rings (SSSR count). The summed E-state index contributed by atoms with van der Waals surface area (Å²) in [4.78, 5) is 0. The third-order valence-electron chi connectivity index (χ3n) is 2.56. The van der Waals surface area contributed by atoms with Crippen molar-refractivity contribution in [3.63, 3.8) is 0 Å². The number of nitrogens with two attached hydrogens (primary N) is 1. The fourth-order valence-electron chi connectivity index (χ4n) is 1.63. The van der Waals surface area contributed by atoms with Crippen LogP contribution in [0.4, 0.5) is 0 Å². The van der Waals surface area contributed by atoms with Gasteiger partial charge in [0.15, 0.2) is 9.84 Å². The third-order valence-corrected chi connectivity index (χ3v) is 6.42. The van der Waals surface area contributed by atoms with E-state index in [-0.39, 0.29) is 24.5 Å². The molecule has 0 saturated carbocycles. The van der Waals surface area contributed by atoms with Crippen LogP contribution in [0.25, 0.3) is 0 Å². The molecular formula is C8H19N3O4S2. The van der Waals surface area contributed by atoms with Gasteiger partial charge in [0.25, 0.3) is 0 Å². The summed E-state index contributed by atoms with van der Waals surface area (Å²) in [6, 6.07) is 0. The Morgan fingerprint density at radius 1 is 1.24 bits per heavy atom. The predicted molar refractivity (Wildman–Crippen MR) is 65.9 cm³/mol. The number of sulfone groups is 1. The van der Waals surface area contributed by atoms with Gasteiger partial charge in [0.2, 0.25) is 10.0 Å². The van der Waals surface area contributed by atoms with Crippen LogP contribution in [-0.2, 0) is 19.9 Å². The summed E-state index contributed by atoms with van der Waals surface area (Å²) in [5.41, 5.74) is 5.26. The van der Waals surface area contributed by atoms with Crippen LogP contribution in [0.2, 0.25) is 0 Å². The van der Waals surface area contributed by atoms with Gasteiger partial charge in [0.1, 0.15) is 0 Å². The van der Waals surface area contributed by atoms with Gasteiger partial charge in [-0.25, -0.2) is 21.6 Å². The molecule has 1 fully saturated rings. The van der Waals surface area contributed by atoms with Crippen molar-refractivity contribution in [3.8, 4) is 0 Å². The van der Waals surface area contributed by atoms with Gasteiger partial charge in [-0.15, -0.1) is 0 Å². The minimum absolute atomic E-state index is 0.0377. The Hall–Kier alpha value is -0.220. The molecule has 1 saturated heterocycles. The van der Waals surface area contributed by atoms with Crippen molar-refractivity contribution in [2.45, 2.75) is 11.7 Å². The molecule has 17 heavy (non-hydrogen) atoms. The number of sulfonamides is 1. The number of rotatable bonds is 7. The normalized spacial score (nSPS) is 23.9. The summed E-state index contributed by atoms with van der Waals surface area (Å²) in [5.74, 6) is -0.303. The van der Waals surface area contributed by atoms with Gasteiger partial charge in [0.05, 0.1) is 16.8 Å². The SMILES string of the molecule is NCCNCCNS(=O)(=O)[C@@H]1CCS(=O)(=O)C1. The Morgan fingerprint density at radius 3 is 2.47 bits per heavy atom. The molecule has 0 bridgehead atoms. The maximum atomic E-state index is 11.7. The Labute approximate surface area is 102 Å². The molecule has 1 heterocycles. The monoisotopic (exact) mass is 285 g/mol. The summed E-state index contributed by atoms with van der Waals surface area (Å²) in [7, 11) is -6.69. The predicted octanol–water partition coefficient (Wildman–Crippen LogP) is -2.36. The smallest absolute Gasteiger partial charge is 0.215 e. The molecule has 4 N–H and O–H groups in total. The molecule has 0 aliphatic carbocycles. The first-order valence-corrected chi connectivity index (χ1v) is 8.84. The van der Waals surface area contributed by atoms with Crippen LogP contribution in [0.3, 0.4) is 0 Å². The van der Waals surface area contributed by atoms with E-state index in [0.29, 0.717) is 19.6 Å². The summed E-state index contributed by atoms with van der Waals surface area (Å²) in [5, 5.41) is 2.14. The van der Waals surface area contributed by atoms with Crippen molar-refractivity contribution < 1.29 is 16.8 Å². The molecule has 0 unspecified atom stereocenters. The highest BCUT2D eigenvalue weighted by atomic mass is 32.2. The molecule has 0 amide bonds. The first-order valence-electron chi connectivity index (χ1n) is 5.47. The van der Waals surface area contributed by atoms with E-state index >= 15 is 0 Å². The second-order valence-corrected chi connectivity index (χ2v) is 8.28. The zero-order valence-corrected chi connectivity index (χ0v) is 11.2. The highest BCUT2D eigenvalue weighted by Crippen LogP contribution is 2.17. The molecule has 0 aromatic carbocycles. The molecule has 0 radical (unpaired) electrons. The molecular weight excluding hydrogens is 266 g/mol. The fraction of sp³-hybridized carbons (Fsp3) is 1.00. The zero-order valence-electron chi connectivity index (χ0n) is 9.55. The number of nitrogens with one attached hydrogen (secondary N) is 2. The van der Waals surface area contributed by atoms with Gasteiger partial charge < -0.3 is 11.1 Å². The average molecular weight is 285 g/mol. The van der Waals surface area contributed by atoms with Crippen LogP contribution >= 0.6 is 0 Å². The van der Waals surface area contributed by atoms with Crippen LogP contribution in [0.15, 0.2) is 0 Å². The molecule has 102 valence electrons. The Morgan fingerprint density at radius 2 is 1.94 bits per heavy atom. The van der Waals surface area contributed by atoms with E-state index < -0.39 is 25.1 Å². The number of hydrogen-bond donors (Lipinski definition) is 3. The second-order valence-electron chi connectivity index (χ2n) is 4.00. The van der Waals surface area contributed by atoms with Crippen LogP contribution in [0.5, 0.6) is 0 Å². The Kier molecular flexibility index (Phi) is 5.32. The van der Waals surface area contributed by atoms with Gasteiger partial charge in [-0.05, 0) is 6.42 Å². The van der Waals surface area contributed by atoms with Crippen molar-refractivity contribution >= 4 is 19.9 Å². The van der Waals surface area contributed by atoms with Gasteiger partial charge in [-0.3, -0.25) is 0 Å². The lowest BCUT2D eigenvalue weighted by molar-refractivity contribution is 0.563. The lowest BCUT2D eigenvalue weighted by atomic mass is 10.4. The Bertz CT molecular complexity index is 432. The van der Waals surface area contributed by atoms with Crippen LogP contribution in [-0.4, -0.2) is 59.8 Å². The minimum Gasteiger partial charge on any atom is -0.329 e. The number of hydrogen-bond acceptors (Lipinski definition) is 6. The quantitative estimate of drug-likeness (QED) is 0.450. The molecule has 9 heteroatoms. The minimum atomic E-state index is -3.52. The van der Waals surface area contributed by atoms with Crippen molar-refractivity contribution in [1.82, 2.24) is 10.0 Å². The topological polar surface area (TPSA) is 118 Å². The largest absolute Gasteiger partial charge is 0.329 e. The van der Waals surface area contributed by atoms with Crippen LogP contribution < -0.4 is 15.8 Å². The third kappa shape index (κ3) is 4.88. The summed E-state index contributed by atoms with van der Waals surface area (Å²) >= 11 is 0. The standard InChI is InChI=1S/C8H19N3O4S2/c9-2-3-10-4-5-11-17(14,15)8-1-6-16(12,13)7-8/h8,10-11H,1-7,9H2/t8-/m1/s1. The molecule has 0 spiro atoms. The van der Waals surface area contributed by atoms with Crippen molar-refractivity contribution in [2.75, 3.05) is 37.7 Å². The molecule has 0 aromatic heterocycles. The van der Waals surface area contributed by atoms with E-state index in [2.05, 4.69) is 10.0 Å². The highest BCUT2D eigenvalue weighted by molar-refractivity contribution is 7.95. The van der Waals surface area contributed by atoms with E-state index in [1.807, 2.05) is 0 Å².